The van der Waals surface area contributed by atoms with Gasteiger partial charge in [0.2, 0.25) is 35.4 Å². The highest BCUT2D eigenvalue weighted by Gasteiger charge is 2.42. The van der Waals surface area contributed by atoms with Crippen molar-refractivity contribution < 1.29 is 71.9 Å². The third kappa shape index (κ3) is 22.4. The van der Waals surface area contributed by atoms with Gasteiger partial charge in [-0.05, 0) is 71.0 Å². The van der Waals surface area contributed by atoms with E-state index in [2.05, 4.69) is 26.6 Å². The average Bonchev–Trinajstić information content (AvgIpc) is 3.88. The van der Waals surface area contributed by atoms with Crippen LogP contribution in [-0.2, 0) is 68.4 Å². The summed E-state index contributed by atoms with van der Waals surface area (Å²) in [5.74, 6) is -3.96. The second-order valence-electron chi connectivity index (χ2n) is 20.5. The molecule has 2 rings (SSSR count). The summed E-state index contributed by atoms with van der Waals surface area (Å²) >= 11 is 0. The molecule has 0 spiro atoms. The maximum absolute atomic E-state index is 14.2. The van der Waals surface area contributed by atoms with Crippen LogP contribution in [0.25, 0.3) is 0 Å². The van der Waals surface area contributed by atoms with Crippen molar-refractivity contribution in [1.82, 2.24) is 41.3 Å². The largest absolute Gasteiger partial charge is 0.464 e. The van der Waals surface area contributed by atoms with Crippen molar-refractivity contribution in [3.8, 4) is 0 Å². The standard InChI is InChI=1S/C54H92N8O15/c1-15-39(31-63)77-45(73-13)32-76-54(71)56-26-24-43(64)57-36(7)53(70)75-28-20-25-55-50(67)40(29-38-21-17-16-18-22-38)58-49(66)35(6)48(74-14)41-23-19-27-62(41)44(65)30-42(72-12)37(8)61(11)52(69)46(33(2)3)59-51(68)47(34(4)5)60(9)10/h16-18,21-22,33-37,39-42,45-48,63H,15,19-20,23-32H2,1-14H3,(H,55,67)(H,56,71)(H,57,64)(H,58,66)(H,59,68)/t35-,36+,37+,39?,40+,41+,42-,45?,46+,47+,48-/m1/s1. The number of nitrogens with one attached hydrogen (secondary N) is 5. The van der Waals surface area contributed by atoms with Crippen LogP contribution < -0.4 is 26.6 Å². The number of amides is 7. The topological polar surface area (TPSA) is 282 Å². The highest BCUT2D eigenvalue weighted by atomic mass is 16.7. The summed E-state index contributed by atoms with van der Waals surface area (Å²) in [7, 11) is 9.63. The summed E-state index contributed by atoms with van der Waals surface area (Å²) in [6.45, 7) is 14.3. The Hall–Kier alpha value is -5.46. The van der Waals surface area contributed by atoms with Crippen molar-refractivity contribution in [2.45, 2.75) is 161 Å². The van der Waals surface area contributed by atoms with E-state index in [1.807, 2.05) is 83.9 Å². The number of esters is 1. The zero-order valence-corrected chi connectivity index (χ0v) is 48.1. The Morgan fingerprint density at radius 2 is 1.47 bits per heavy atom. The Bertz CT molecular complexity index is 1990. The van der Waals surface area contributed by atoms with E-state index in [9.17, 15) is 43.5 Å². The first-order valence-corrected chi connectivity index (χ1v) is 26.8. The van der Waals surface area contributed by atoms with Crippen molar-refractivity contribution in [3.63, 3.8) is 0 Å². The first-order chi connectivity index (χ1) is 36.5. The number of aliphatic hydroxyl groups is 1. The van der Waals surface area contributed by atoms with Gasteiger partial charge in [-0.3, -0.25) is 33.7 Å². The summed E-state index contributed by atoms with van der Waals surface area (Å²) in [5.41, 5.74) is 0.797. The smallest absolute Gasteiger partial charge is 0.407 e. The van der Waals surface area contributed by atoms with Gasteiger partial charge in [0.15, 0.2) is 6.29 Å². The normalized spacial score (nSPS) is 17.4. The minimum atomic E-state index is -1.01. The van der Waals surface area contributed by atoms with Gasteiger partial charge in [0.05, 0.1) is 62.0 Å². The molecule has 23 nitrogen and oxygen atoms in total. The number of carbonyl (C=O) groups is 8. The van der Waals surface area contributed by atoms with E-state index in [0.717, 1.165) is 5.56 Å². The predicted molar refractivity (Wildman–Crippen MR) is 287 cm³/mol. The van der Waals surface area contributed by atoms with Crippen molar-refractivity contribution in [3.05, 3.63) is 35.9 Å². The molecule has 0 aromatic heterocycles. The van der Waals surface area contributed by atoms with Crippen LogP contribution in [0.15, 0.2) is 30.3 Å². The van der Waals surface area contributed by atoms with Gasteiger partial charge in [-0.1, -0.05) is 71.9 Å². The molecule has 0 aliphatic carbocycles. The summed E-state index contributed by atoms with van der Waals surface area (Å²) < 4.78 is 32.8. The Kier molecular flexibility index (Phi) is 30.9. The molecule has 0 radical (unpaired) electrons. The molecule has 1 aliphatic heterocycles. The highest BCUT2D eigenvalue weighted by molar-refractivity contribution is 5.91. The second kappa shape index (κ2) is 35.1. The lowest BCUT2D eigenvalue weighted by molar-refractivity contribution is -0.181. The summed E-state index contributed by atoms with van der Waals surface area (Å²) in [6, 6.07) is 4.89. The van der Waals surface area contributed by atoms with Crippen LogP contribution in [-0.4, -0.2) is 210 Å². The number of benzene rings is 1. The number of ether oxygens (including phenoxy) is 6. The Morgan fingerprint density at radius 3 is 2.04 bits per heavy atom. The summed E-state index contributed by atoms with van der Waals surface area (Å²) in [6.07, 6.45) is -1.70. The fourth-order valence-corrected chi connectivity index (χ4v) is 9.14. The quantitative estimate of drug-likeness (QED) is 0.0321. The first kappa shape index (κ1) is 67.6. The molecular formula is C54H92N8O15. The Labute approximate surface area is 456 Å². The van der Waals surface area contributed by atoms with Gasteiger partial charge in [-0.2, -0.15) is 0 Å². The minimum absolute atomic E-state index is 0.00949. The lowest BCUT2D eigenvalue weighted by Gasteiger charge is -2.37. The molecule has 23 heteroatoms. The number of hydrogen-bond donors (Lipinski definition) is 6. The number of rotatable bonds is 35. The van der Waals surface area contributed by atoms with Crippen LogP contribution in [0.2, 0.25) is 0 Å². The van der Waals surface area contributed by atoms with Crippen LogP contribution >= 0.6 is 0 Å². The van der Waals surface area contributed by atoms with E-state index in [-0.39, 0.29) is 88.2 Å². The summed E-state index contributed by atoms with van der Waals surface area (Å²) in [5, 5.41) is 23.0. The maximum Gasteiger partial charge on any atom is 0.407 e. The molecule has 1 aromatic rings. The van der Waals surface area contributed by atoms with E-state index in [1.54, 1.807) is 25.8 Å². The average molecular weight is 1090 g/mol. The molecule has 77 heavy (non-hydrogen) atoms. The number of likely N-dealkylation sites (tertiary alicyclic amines) is 1. The molecule has 0 bridgehead atoms. The molecule has 2 unspecified atom stereocenters. The monoisotopic (exact) mass is 1090 g/mol. The van der Waals surface area contributed by atoms with Gasteiger partial charge in [-0.15, -0.1) is 0 Å². The number of nitrogens with zero attached hydrogens (tertiary/aromatic N) is 3. The molecule has 1 aliphatic rings. The van der Waals surface area contributed by atoms with Crippen LogP contribution in [0.1, 0.15) is 99.5 Å². The number of carbonyl (C=O) groups excluding carboxylic acids is 8. The van der Waals surface area contributed by atoms with Crippen molar-refractivity contribution in [2.24, 2.45) is 17.8 Å². The van der Waals surface area contributed by atoms with Crippen LogP contribution in [0.3, 0.4) is 0 Å². The number of alkyl carbamates (subject to hydrolysis) is 1. The second-order valence-corrected chi connectivity index (χ2v) is 20.5. The molecule has 1 heterocycles. The van der Waals surface area contributed by atoms with Gasteiger partial charge in [0, 0.05) is 60.9 Å². The number of methoxy groups -OCH3 is 3. The fourth-order valence-electron chi connectivity index (χ4n) is 9.14. The molecule has 438 valence electrons. The highest BCUT2D eigenvalue weighted by Crippen LogP contribution is 2.28. The zero-order valence-electron chi connectivity index (χ0n) is 48.1. The van der Waals surface area contributed by atoms with Crippen molar-refractivity contribution in [2.75, 3.05) is 81.9 Å². The molecule has 7 amide bonds. The lowest BCUT2D eigenvalue weighted by Crippen LogP contribution is -2.58. The molecule has 1 fully saturated rings. The van der Waals surface area contributed by atoms with Crippen LogP contribution in [0.4, 0.5) is 4.79 Å². The predicted octanol–water partition coefficient (Wildman–Crippen LogP) is 1.77. The van der Waals surface area contributed by atoms with Gasteiger partial charge < -0.3 is 69.9 Å². The van der Waals surface area contributed by atoms with Crippen LogP contribution in [0.5, 0.6) is 0 Å². The zero-order chi connectivity index (χ0) is 57.9. The number of aliphatic hydroxyl groups excluding tert-OH is 1. The molecule has 1 aromatic carbocycles. The van der Waals surface area contributed by atoms with Gasteiger partial charge >= 0.3 is 12.1 Å². The SMILES string of the molecule is CCC(CO)OC(COC(=O)NCCC(=O)N[C@@H](C)C(=O)OCCCNC(=O)[C@H](Cc1ccccc1)NC(=O)[C@H](C)[C@@H](OC)[C@@H]1CCCN1C(=O)C[C@@H](OC)[C@H](C)N(C)C(=O)[C@@H](NC(=O)[C@H](C(C)C)N(C)C)C(C)C)OC. The third-order valence-electron chi connectivity index (χ3n) is 13.8. The van der Waals surface area contributed by atoms with E-state index in [4.69, 9.17) is 28.4 Å². The number of hydrogen-bond acceptors (Lipinski definition) is 16. The Morgan fingerprint density at radius 1 is 0.792 bits per heavy atom. The molecule has 0 saturated carbocycles. The van der Waals surface area contributed by atoms with E-state index in [0.29, 0.717) is 25.8 Å². The van der Waals surface area contributed by atoms with E-state index in [1.165, 1.54) is 33.2 Å². The Balaban J connectivity index is 2.00. The van der Waals surface area contributed by atoms with Gasteiger partial charge in [-0.25, -0.2) is 9.59 Å². The van der Waals surface area contributed by atoms with E-state index >= 15 is 0 Å². The molecule has 1 saturated heterocycles. The molecule has 6 N–H and O–H groups in total. The van der Waals surface area contributed by atoms with Crippen molar-refractivity contribution in [1.29, 1.82) is 0 Å². The molecular weight excluding hydrogens is 1000 g/mol. The van der Waals surface area contributed by atoms with Crippen LogP contribution in [0, 0.1) is 17.8 Å². The van der Waals surface area contributed by atoms with Crippen molar-refractivity contribution >= 4 is 47.5 Å². The molecule has 11 atom stereocenters. The van der Waals surface area contributed by atoms with E-state index < -0.39 is 96.6 Å². The fraction of sp³-hybridized carbons (Fsp3) is 0.741. The van der Waals surface area contributed by atoms with Gasteiger partial charge in [0.25, 0.3) is 0 Å². The third-order valence-corrected chi connectivity index (χ3v) is 13.8. The first-order valence-electron chi connectivity index (χ1n) is 26.8. The minimum Gasteiger partial charge on any atom is -0.464 e. The lowest BCUT2D eigenvalue weighted by atomic mass is 9.93. The maximum atomic E-state index is 14.2. The number of likely N-dealkylation sites (N-methyl/N-ethyl adjacent to an activating group) is 2. The summed E-state index contributed by atoms with van der Waals surface area (Å²) in [4.78, 5) is 112. The van der Waals surface area contributed by atoms with Gasteiger partial charge in [0.1, 0.15) is 24.7 Å².